The van der Waals surface area contributed by atoms with E-state index in [1.54, 1.807) is 0 Å². The number of hydrogen-bond acceptors (Lipinski definition) is 6. The van der Waals surface area contributed by atoms with Crippen LogP contribution in [0.2, 0.25) is 0 Å². The minimum absolute atomic E-state index is 0.0359. The molecule has 0 spiro atoms. The van der Waals surface area contributed by atoms with Gasteiger partial charge in [-0.3, -0.25) is 10.4 Å². The lowest BCUT2D eigenvalue weighted by Gasteiger charge is -2.10. The average molecular weight is 284 g/mol. The molecule has 0 saturated carbocycles. The number of para-hydroxylation sites is 1. The highest BCUT2D eigenvalue weighted by Crippen LogP contribution is 2.25. The Hall–Kier alpha value is -2.80. The van der Waals surface area contributed by atoms with E-state index >= 15 is 0 Å². The zero-order valence-electron chi connectivity index (χ0n) is 11.3. The lowest BCUT2D eigenvalue weighted by atomic mass is 10.1. The average Bonchev–Trinajstić information content (AvgIpc) is 2.50. The maximum Gasteiger partial charge on any atom is 0.239 e. The molecule has 0 radical (unpaired) electrons. The number of fused-ring (bicyclic) bond motifs is 1. The first-order valence-electron chi connectivity index (χ1n) is 6.30. The van der Waals surface area contributed by atoms with Gasteiger partial charge in [0.15, 0.2) is 11.6 Å². The third kappa shape index (κ3) is 2.59. The number of pyridine rings is 1. The Morgan fingerprint density at radius 1 is 1.14 bits per heavy atom. The van der Waals surface area contributed by atoms with Gasteiger partial charge in [0, 0.05) is 11.1 Å². The predicted molar refractivity (Wildman–Crippen MR) is 79.6 cm³/mol. The van der Waals surface area contributed by atoms with Crippen molar-refractivity contribution in [1.82, 2.24) is 15.0 Å². The highest BCUT2D eigenvalue weighted by atomic mass is 19.1. The molecular formula is C14H13FN6. The summed E-state index contributed by atoms with van der Waals surface area (Å²) in [5.74, 6) is 4.83. The predicted octanol–water partition coefficient (Wildman–Crippen LogP) is 2.50. The molecule has 0 unspecified atom stereocenters. The van der Waals surface area contributed by atoms with Crippen molar-refractivity contribution in [3.8, 4) is 0 Å². The van der Waals surface area contributed by atoms with Crippen LogP contribution in [-0.4, -0.2) is 15.0 Å². The molecule has 6 nitrogen and oxygen atoms in total. The van der Waals surface area contributed by atoms with Gasteiger partial charge in [0.1, 0.15) is 0 Å². The Morgan fingerprint density at radius 3 is 2.81 bits per heavy atom. The number of aromatic nitrogens is 3. The van der Waals surface area contributed by atoms with Crippen LogP contribution in [-0.2, 0) is 0 Å². The lowest BCUT2D eigenvalue weighted by molar-refractivity contribution is 0.619. The number of nitrogens with two attached hydrogens (primary N) is 1. The van der Waals surface area contributed by atoms with E-state index in [9.17, 15) is 4.39 Å². The molecule has 2 heterocycles. The fourth-order valence-corrected chi connectivity index (χ4v) is 2.00. The number of benzene rings is 1. The second-order valence-electron chi connectivity index (χ2n) is 4.49. The molecule has 106 valence electrons. The number of halogens is 1. The van der Waals surface area contributed by atoms with Crippen molar-refractivity contribution in [3.05, 3.63) is 48.0 Å². The van der Waals surface area contributed by atoms with Gasteiger partial charge in [0.05, 0.1) is 17.4 Å². The van der Waals surface area contributed by atoms with Gasteiger partial charge in [0.2, 0.25) is 5.95 Å². The number of nitrogen functional groups attached to an aromatic ring is 1. The monoisotopic (exact) mass is 284 g/mol. The Kier molecular flexibility index (Phi) is 3.33. The van der Waals surface area contributed by atoms with Crippen molar-refractivity contribution >= 4 is 28.4 Å². The molecule has 1 aromatic carbocycles. The molecular weight excluding hydrogens is 271 g/mol. The molecule has 0 aliphatic carbocycles. The number of nitrogens with zero attached hydrogens (tertiary/aromatic N) is 3. The molecule has 0 bridgehead atoms. The SMILES string of the molecule is Cc1ccc2cccc(Nc3nc(NN)ncc3F)c2n1. The van der Waals surface area contributed by atoms with Crippen LogP contribution in [0.5, 0.6) is 0 Å². The van der Waals surface area contributed by atoms with Crippen LogP contribution in [0.1, 0.15) is 5.69 Å². The summed E-state index contributed by atoms with van der Waals surface area (Å²) >= 11 is 0. The summed E-state index contributed by atoms with van der Waals surface area (Å²) in [4.78, 5) is 12.1. The summed E-state index contributed by atoms with van der Waals surface area (Å²) < 4.78 is 13.8. The quantitative estimate of drug-likeness (QED) is 0.506. The fourth-order valence-electron chi connectivity index (χ4n) is 2.00. The van der Waals surface area contributed by atoms with Gasteiger partial charge in [-0.25, -0.2) is 15.2 Å². The largest absolute Gasteiger partial charge is 0.336 e. The van der Waals surface area contributed by atoms with Crippen molar-refractivity contribution in [2.75, 3.05) is 10.7 Å². The van der Waals surface area contributed by atoms with Crippen molar-refractivity contribution in [1.29, 1.82) is 0 Å². The van der Waals surface area contributed by atoms with E-state index in [0.717, 1.165) is 22.8 Å². The molecule has 21 heavy (non-hydrogen) atoms. The van der Waals surface area contributed by atoms with Crippen LogP contribution >= 0.6 is 0 Å². The number of anilines is 3. The van der Waals surface area contributed by atoms with Gasteiger partial charge in [-0.05, 0) is 19.1 Å². The molecule has 0 aliphatic rings. The lowest BCUT2D eigenvalue weighted by Crippen LogP contribution is -2.12. The van der Waals surface area contributed by atoms with Crippen molar-refractivity contribution < 1.29 is 4.39 Å². The number of hydrogen-bond donors (Lipinski definition) is 3. The number of hydrazine groups is 1. The van der Waals surface area contributed by atoms with Gasteiger partial charge >= 0.3 is 0 Å². The van der Waals surface area contributed by atoms with Crippen LogP contribution in [0, 0.1) is 12.7 Å². The molecule has 0 amide bonds. The summed E-state index contributed by atoms with van der Waals surface area (Å²) in [6, 6.07) is 9.50. The van der Waals surface area contributed by atoms with E-state index in [-0.39, 0.29) is 11.8 Å². The standard InChI is InChI=1S/C14H13FN6/c1-8-5-6-9-3-2-4-11(12(9)18-8)19-13-10(15)7-17-14(20-13)21-16/h2-7H,16H2,1H3,(H2,17,19,20,21). The molecule has 3 rings (SSSR count). The van der Waals surface area contributed by atoms with E-state index in [2.05, 4.69) is 25.7 Å². The molecule has 0 atom stereocenters. The molecule has 0 aliphatic heterocycles. The van der Waals surface area contributed by atoms with Crippen LogP contribution in [0.3, 0.4) is 0 Å². The maximum absolute atomic E-state index is 13.8. The second kappa shape index (κ2) is 5.29. The number of rotatable bonds is 3. The first-order valence-corrected chi connectivity index (χ1v) is 6.30. The van der Waals surface area contributed by atoms with Gasteiger partial charge < -0.3 is 5.32 Å². The molecule has 2 aromatic heterocycles. The highest BCUT2D eigenvalue weighted by Gasteiger charge is 2.09. The zero-order valence-corrected chi connectivity index (χ0v) is 11.3. The number of aryl methyl sites for hydroxylation is 1. The minimum Gasteiger partial charge on any atom is -0.336 e. The summed E-state index contributed by atoms with van der Waals surface area (Å²) in [5, 5.41) is 3.89. The van der Waals surface area contributed by atoms with E-state index in [4.69, 9.17) is 5.84 Å². The van der Waals surface area contributed by atoms with Gasteiger partial charge in [-0.15, -0.1) is 0 Å². The van der Waals surface area contributed by atoms with Crippen molar-refractivity contribution in [2.45, 2.75) is 6.92 Å². The highest BCUT2D eigenvalue weighted by molar-refractivity contribution is 5.91. The van der Waals surface area contributed by atoms with Crippen LogP contribution < -0.4 is 16.6 Å². The van der Waals surface area contributed by atoms with E-state index < -0.39 is 5.82 Å². The third-order valence-electron chi connectivity index (χ3n) is 2.99. The Morgan fingerprint density at radius 2 is 2.00 bits per heavy atom. The Bertz CT molecular complexity index is 805. The topological polar surface area (TPSA) is 88.8 Å². The molecule has 4 N–H and O–H groups in total. The summed E-state index contributed by atoms with van der Waals surface area (Å²) in [6.07, 6.45) is 1.05. The fraction of sp³-hybridized carbons (Fsp3) is 0.0714. The summed E-state index contributed by atoms with van der Waals surface area (Å²) in [5.41, 5.74) is 4.57. The second-order valence-corrected chi connectivity index (χ2v) is 4.49. The van der Waals surface area contributed by atoms with Gasteiger partial charge in [0.25, 0.3) is 0 Å². The van der Waals surface area contributed by atoms with E-state index in [0.29, 0.717) is 5.69 Å². The van der Waals surface area contributed by atoms with E-state index in [1.165, 1.54) is 0 Å². The van der Waals surface area contributed by atoms with Crippen LogP contribution in [0.25, 0.3) is 10.9 Å². The molecule has 0 saturated heterocycles. The first kappa shape index (κ1) is 13.2. The zero-order chi connectivity index (χ0) is 14.8. The van der Waals surface area contributed by atoms with Crippen LogP contribution in [0.4, 0.5) is 21.8 Å². The first-order chi connectivity index (χ1) is 10.2. The third-order valence-corrected chi connectivity index (χ3v) is 2.99. The minimum atomic E-state index is -0.571. The normalized spacial score (nSPS) is 10.6. The Labute approximate surface area is 120 Å². The van der Waals surface area contributed by atoms with Crippen molar-refractivity contribution in [3.63, 3.8) is 0 Å². The van der Waals surface area contributed by atoms with Gasteiger partial charge in [-0.1, -0.05) is 18.2 Å². The maximum atomic E-state index is 13.8. The molecule has 7 heteroatoms. The summed E-state index contributed by atoms with van der Waals surface area (Å²) in [6.45, 7) is 1.90. The van der Waals surface area contributed by atoms with Crippen LogP contribution in [0.15, 0.2) is 36.5 Å². The Balaban J connectivity index is 2.08. The summed E-state index contributed by atoms with van der Waals surface area (Å²) in [7, 11) is 0. The van der Waals surface area contributed by atoms with Crippen molar-refractivity contribution in [2.24, 2.45) is 5.84 Å². The van der Waals surface area contributed by atoms with E-state index in [1.807, 2.05) is 37.3 Å². The molecule has 3 aromatic rings. The molecule has 0 fully saturated rings. The van der Waals surface area contributed by atoms with Gasteiger partial charge in [-0.2, -0.15) is 4.98 Å². The smallest absolute Gasteiger partial charge is 0.239 e. The number of nitrogens with one attached hydrogen (secondary N) is 2.